The summed E-state index contributed by atoms with van der Waals surface area (Å²) < 4.78 is 0. The number of hydrogen-bond donors (Lipinski definition) is 2. The Balaban J connectivity index is 2.24. The van der Waals surface area contributed by atoms with Gasteiger partial charge in [-0.3, -0.25) is 4.79 Å². The summed E-state index contributed by atoms with van der Waals surface area (Å²) >= 11 is 6.06. The number of carbonyl (C=O) groups is 1. The molecule has 0 radical (unpaired) electrons. The lowest BCUT2D eigenvalue weighted by Crippen LogP contribution is -2.20. The molecule has 0 saturated carbocycles. The van der Waals surface area contributed by atoms with Crippen molar-refractivity contribution in [2.45, 2.75) is 19.9 Å². The van der Waals surface area contributed by atoms with Gasteiger partial charge in [0.1, 0.15) is 0 Å². The van der Waals surface area contributed by atoms with E-state index < -0.39 is 0 Å². The summed E-state index contributed by atoms with van der Waals surface area (Å²) in [6.07, 6.45) is 0. The van der Waals surface area contributed by atoms with Gasteiger partial charge in [0.15, 0.2) is 0 Å². The number of benzene rings is 2. The SMILES string of the molecule is CCNC(C)c1ccccc1NC(=O)c1ccccc1Cl. The van der Waals surface area contributed by atoms with Crippen molar-refractivity contribution < 1.29 is 4.79 Å². The first kappa shape index (κ1) is 15.5. The van der Waals surface area contributed by atoms with E-state index in [1.165, 1.54) is 0 Å². The Morgan fingerprint density at radius 3 is 2.52 bits per heavy atom. The van der Waals surface area contributed by atoms with Gasteiger partial charge in [-0.1, -0.05) is 48.9 Å². The normalized spacial score (nSPS) is 12.0. The summed E-state index contributed by atoms with van der Waals surface area (Å²) in [7, 11) is 0. The number of anilines is 1. The number of rotatable bonds is 5. The van der Waals surface area contributed by atoms with E-state index in [9.17, 15) is 4.79 Å². The third-order valence-electron chi connectivity index (χ3n) is 3.30. The van der Waals surface area contributed by atoms with Gasteiger partial charge in [-0.05, 0) is 37.2 Å². The molecule has 21 heavy (non-hydrogen) atoms. The number of amides is 1. The molecule has 2 N–H and O–H groups in total. The van der Waals surface area contributed by atoms with Gasteiger partial charge in [0.2, 0.25) is 0 Å². The van der Waals surface area contributed by atoms with Crippen LogP contribution in [-0.2, 0) is 0 Å². The van der Waals surface area contributed by atoms with Crippen LogP contribution in [0.5, 0.6) is 0 Å². The number of nitrogens with one attached hydrogen (secondary N) is 2. The maximum absolute atomic E-state index is 12.4. The van der Waals surface area contributed by atoms with E-state index in [0.29, 0.717) is 10.6 Å². The van der Waals surface area contributed by atoms with E-state index in [2.05, 4.69) is 24.5 Å². The predicted molar refractivity (Wildman–Crippen MR) is 87.9 cm³/mol. The fourth-order valence-electron chi connectivity index (χ4n) is 2.24. The number of hydrogen-bond acceptors (Lipinski definition) is 2. The van der Waals surface area contributed by atoms with Crippen LogP contribution in [0.1, 0.15) is 35.8 Å². The fourth-order valence-corrected chi connectivity index (χ4v) is 2.46. The van der Waals surface area contributed by atoms with Crippen molar-refractivity contribution in [3.05, 3.63) is 64.7 Å². The minimum absolute atomic E-state index is 0.165. The number of para-hydroxylation sites is 1. The van der Waals surface area contributed by atoms with Gasteiger partial charge < -0.3 is 10.6 Å². The van der Waals surface area contributed by atoms with E-state index in [4.69, 9.17) is 11.6 Å². The molecule has 110 valence electrons. The summed E-state index contributed by atoms with van der Waals surface area (Å²) in [6, 6.07) is 15.0. The second kappa shape index (κ2) is 7.25. The lowest BCUT2D eigenvalue weighted by atomic mass is 10.1. The molecular formula is C17H19ClN2O. The van der Waals surface area contributed by atoms with Crippen molar-refractivity contribution in [1.29, 1.82) is 0 Å². The molecule has 2 rings (SSSR count). The minimum Gasteiger partial charge on any atom is -0.322 e. The Bertz CT molecular complexity index is 628. The average molecular weight is 303 g/mol. The highest BCUT2D eigenvalue weighted by atomic mass is 35.5. The first-order valence-corrected chi connectivity index (χ1v) is 7.39. The lowest BCUT2D eigenvalue weighted by Gasteiger charge is -2.17. The monoisotopic (exact) mass is 302 g/mol. The molecule has 3 nitrogen and oxygen atoms in total. The zero-order valence-corrected chi connectivity index (χ0v) is 12.9. The van der Waals surface area contributed by atoms with Crippen LogP contribution in [0.15, 0.2) is 48.5 Å². The van der Waals surface area contributed by atoms with Gasteiger partial charge in [0.05, 0.1) is 10.6 Å². The molecule has 0 saturated heterocycles. The van der Waals surface area contributed by atoms with Gasteiger partial charge in [-0.25, -0.2) is 0 Å². The summed E-state index contributed by atoms with van der Waals surface area (Å²) in [4.78, 5) is 12.4. The number of halogens is 1. The second-order valence-corrected chi connectivity index (χ2v) is 5.21. The molecule has 0 bridgehead atoms. The third kappa shape index (κ3) is 3.84. The summed E-state index contributed by atoms with van der Waals surface area (Å²) in [5.41, 5.74) is 2.33. The summed E-state index contributed by atoms with van der Waals surface area (Å²) in [5.74, 6) is -0.197. The Morgan fingerprint density at radius 2 is 1.81 bits per heavy atom. The molecule has 0 heterocycles. The highest BCUT2D eigenvalue weighted by Gasteiger charge is 2.14. The molecule has 0 aliphatic heterocycles. The van der Waals surface area contributed by atoms with Gasteiger partial charge in [0.25, 0.3) is 5.91 Å². The molecule has 0 aromatic heterocycles. The van der Waals surface area contributed by atoms with Crippen molar-refractivity contribution in [2.75, 3.05) is 11.9 Å². The zero-order chi connectivity index (χ0) is 15.2. The molecule has 2 aromatic carbocycles. The standard InChI is InChI=1S/C17H19ClN2O/c1-3-19-12(2)13-8-5-7-11-16(13)20-17(21)14-9-4-6-10-15(14)18/h4-12,19H,3H2,1-2H3,(H,20,21). The van der Waals surface area contributed by atoms with E-state index in [0.717, 1.165) is 17.8 Å². The quantitative estimate of drug-likeness (QED) is 0.866. The summed E-state index contributed by atoms with van der Waals surface area (Å²) in [6.45, 7) is 5.00. The topological polar surface area (TPSA) is 41.1 Å². The highest BCUT2D eigenvalue weighted by Crippen LogP contribution is 2.24. The Hall–Kier alpha value is -1.84. The highest BCUT2D eigenvalue weighted by molar-refractivity contribution is 6.34. The molecule has 2 aromatic rings. The first-order chi connectivity index (χ1) is 10.1. The van der Waals surface area contributed by atoms with Gasteiger partial charge in [-0.2, -0.15) is 0 Å². The van der Waals surface area contributed by atoms with Crippen LogP contribution >= 0.6 is 11.6 Å². The van der Waals surface area contributed by atoms with Crippen LogP contribution in [0.4, 0.5) is 5.69 Å². The molecule has 1 amide bonds. The molecule has 1 unspecified atom stereocenters. The number of carbonyl (C=O) groups excluding carboxylic acids is 1. The van der Waals surface area contributed by atoms with Crippen LogP contribution in [0, 0.1) is 0 Å². The smallest absolute Gasteiger partial charge is 0.257 e. The van der Waals surface area contributed by atoms with E-state index >= 15 is 0 Å². The third-order valence-corrected chi connectivity index (χ3v) is 3.63. The van der Waals surface area contributed by atoms with E-state index in [1.807, 2.05) is 24.3 Å². The Labute approximate surface area is 130 Å². The van der Waals surface area contributed by atoms with Gasteiger partial charge in [-0.15, -0.1) is 0 Å². The Morgan fingerprint density at radius 1 is 1.14 bits per heavy atom. The van der Waals surface area contributed by atoms with Crippen LogP contribution < -0.4 is 10.6 Å². The van der Waals surface area contributed by atoms with E-state index in [-0.39, 0.29) is 11.9 Å². The largest absolute Gasteiger partial charge is 0.322 e. The van der Waals surface area contributed by atoms with Crippen LogP contribution in [0.3, 0.4) is 0 Å². The second-order valence-electron chi connectivity index (χ2n) is 4.80. The summed E-state index contributed by atoms with van der Waals surface area (Å²) in [5, 5.41) is 6.74. The van der Waals surface area contributed by atoms with E-state index in [1.54, 1.807) is 24.3 Å². The maximum Gasteiger partial charge on any atom is 0.257 e. The maximum atomic E-state index is 12.4. The van der Waals surface area contributed by atoms with Gasteiger partial charge in [0, 0.05) is 11.7 Å². The van der Waals surface area contributed by atoms with Crippen molar-refractivity contribution in [3.63, 3.8) is 0 Å². The average Bonchev–Trinajstić information content (AvgIpc) is 2.48. The molecule has 0 spiro atoms. The fraction of sp³-hybridized carbons (Fsp3) is 0.235. The van der Waals surface area contributed by atoms with Crippen molar-refractivity contribution in [1.82, 2.24) is 5.32 Å². The minimum atomic E-state index is -0.197. The molecule has 4 heteroatoms. The molecule has 0 fully saturated rings. The predicted octanol–water partition coefficient (Wildman–Crippen LogP) is 4.26. The molecule has 0 aliphatic carbocycles. The van der Waals surface area contributed by atoms with Gasteiger partial charge >= 0.3 is 0 Å². The lowest BCUT2D eigenvalue weighted by molar-refractivity contribution is 0.102. The molecule has 0 aliphatic rings. The van der Waals surface area contributed by atoms with Crippen molar-refractivity contribution >= 4 is 23.2 Å². The first-order valence-electron chi connectivity index (χ1n) is 7.01. The van der Waals surface area contributed by atoms with Crippen LogP contribution in [0.25, 0.3) is 0 Å². The zero-order valence-electron chi connectivity index (χ0n) is 12.2. The van der Waals surface area contributed by atoms with Crippen molar-refractivity contribution in [2.24, 2.45) is 0 Å². The Kier molecular flexibility index (Phi) is 5.37. The van der Waals surface area contributed by atoms with Crippen molar-refractivity contribution in [3.8, 4) is 0 Å². The molecule has 1 atom stereocenters. The molecular weight excluding hydrogens is 284 g/mol. The van der Waals surface area contributed by atoms with Crippen LogP contribution in [0.2, 0.25) is 5.02 Å². The van der Waals surface area contributed by atoms with Crippen LogP contribution in [-0.4, -0.2) is 12.5 Å².